The van der Waals surface area contributed by atoms with Crippen molar-refractivity contribution in [2.45, 2.75) is 6.18 Å². The Labute approximate surface area is 120 Å². The number of nitrogens with zero attached hydrogens (tertiary/aromatic N) is 1. The number of hydrogen-bond donors (Lipinski definition) is 0. The summed E-state index contributed by atoms with van der Waals surface area (Å²) in [5.74, 6) is -1.42. The molecule has 0 saturated carbocycles. The van der Waals surface area contributed by atoms with Crippen molar-refractivity contribution < 1.29 is 27.5 Å². The maximum Gasteiger partial charge on any atom is 0.411 e. The predicted octanol–water partition coefficient (Wildman–Crippen LogP) is 2.56. The van der Waals surface area contributed by atoms with Gasteiger partial charge in [-0.25, -0.2) is 0 Å². The summed E-state index contributed by atoms with van der Waals surface area (Å²) in [6.45, 7) is -1.79. The SMILES string of the molecule is O=C1C(=O)N(CCOCC(F)(F)F)c2cc(Br)ccc21. The van der Waals surface area contributed by atoms with Gasteiger partial charge in [0.1, 0.15) is 6.61 Å². The molecule has 2 rings (SSSR count). The number of amides is 1. The first-order chi connectivity index (χ1) is 9.29. The van der Waals surface area contributed by atoms with Crippen LogP contribution in [-0.4, -0.2) is 37.6 Å². The van der Waals surface area contributed by atoms with Gasteiger partial charge in [0.25, 0.3) is 11.7 Å². The third-order valence-corrected chi connectivity index (χ3v) is 3.15. The number of rotatable bonds is 4. The van der Waals surface area contributed by atoms with E-state index in [0.29, 0.717) is 10.2 Å². The molecule has 4 nitrogen and oxygen atoms in total. The summed E-state index contributed by atoms with van der Waals surface area (Å²) in [5, 5.41) is 0. The van der Waals surface area contributed by atoms with E-state index in [2.05, 4.69) is 20.7 Å². The first-order valence-electron chi connectivity index (χ1n) is 5.60. The van der Waals surface area contributed by atoms with Crippen LogP contribution in [0.4, 0.5) is 18.9 Å². The molecule has 8 heteroatoms. The van der Waals surface area contributed by atoms with E-state index in [1.165, 1.54) is 6.07 Å². The van der Waals surface area contributed by atoms with Crippen LogP contribution in [0.15, 0.2) is 22.7 Å². The van der Waals surface area contributed by atoms with Crippen LogP contribution in [0.3, 0.4) is 0 Å². The van der Waals surface area contributed by atoms with Crippen LogP contribution in [0, 0.1) is 0 Å². The van der Waals surface area contributed by atoms with Gasteiger partial charge in [-0.15, -0.1) is 0 Å². The Kier molecular flexibility index (Phi) is 4.14. The van der Waals surface area contributed by atoms with Gasteiger partial charge >= 0.3 is 6.18 Å². The van der Waals surface area contributed by atoms with E-state index in [1.807, 2.05) is 0 Å². The van der Waals surface area contributed by atoms with Crippen LogP contribution in [0.2, 0.25) is 0 Å². The highest BCUT2D eigenvalue weighted by atomic mass is 79.9. The van der Waals surface area contributed by atoms with Gasteiger partial charge in [-0.1, -0.05) is 15.9 Å². The van der Waals surface area contributed by atoms with E-state index >= 15 is 0 Å². The summed E-state index contributed by atoms with van der Waals surface area (Å²) < 4.78 is 40.9. The summed E-state index contributed by atoms with van der Waals surface area (Å²) in [5.41, 5.74) is 0.624. The summed E-state index contributed by atoms with van der Waals surface area (Å²) in [4.78, 5) is 24.6. The monoisotopic (exact) mass is 351 g/mol. The standard InChI is InChI=1S/C12H9BrF3NO3/c13-7-1-2-8-9(5-7)17(11(19)10(8)18)3-4-20-6-12(14,15)16/h1-2,5H,3-4,6H2. The van der Waals surface area contributed by atoms with Crippen LogP contribution in [0.5, 0.6) is 0 Å². The summed E-state index contributed by atoms with van der Waals surface area (Å²) in [7, 11) is 0. The Morgan fingerprint density at radius 2 is 1.95 bits per heavy atom. The lowest BCUT2D eigenvalue weighted by molar-refractivity contribution is -0.173. The number of halogens is 4. The van der Waals surface area contributed by atoms with Crippen LogP contribution >= 0.6 is 15.9 Å². The fourth-order valence-corrected chi connectivity index (χ4v) is 2.18. The zero-order chi connectivity index (χ0) is 14.9. The molecule has 0 saturated heterocycles. The molecule has 20 heavy (non-hydrogen) atoms. The number of benzene rings is 1. The predicted molar refractivity (Wildman–Crippen MR) is 67.7 cm³/mol. The van der Waals surface area contributed by atoms with E-state index in [1.54, 1.807) is 12.1 Å². The third kappa shape index (κ3) is 3.18. The number of carbonyl (C=O) groups is 2. The van der Waals surface area contributed by atoms with Crippen molar-refractivity contribution in [2.24, 2.45) is 0 Å². The molecule has 1 heterocycles. The maximum atomic E-state index is 11.9. The van der Waals surface area contributed by atoms with Crippen molar-refractivity contribution in [1.29, 1.82) is 0 Å². The molecule has 1 aliphatic rings. The smallest absolute Gasteiger partial charge is 0.370 e. The van der Waals surface area contributed by atoms with E-state index in [4.69, 9.17) is 0 Å². The molecule has 1 aromatic carbocycles. The summed E-state index contributed by atoms with van der Waals surface area (Å²) in [6, 6.07) is 4.69. The largest absolute Gasteiger partial charge is 0.411 e. The minimum atomic E-state index is -4.41. The van der Waals surface area contributed by atoms with Crippen LogP contribution < -0.4 is 4.90 Å². The number of ether oxygens (including phenoxy) is 1. The molecule has 0 radical (unpaired) electrons. The van der Waals surface area contributed by atoms with Crippen molar-refractivity contribution >= 4 is 33.3 Å². The molecular formula is C12H9BrF3NO3. The molecule has 0 atom stereocenters. The highest BCUT2D eigenvalue weighted by Gasteiger charge is 2.35. The Bertz CT molecular complexity index is 559. The molecule has 0 spiro atoms. The Hall–Kier alpha value is -1.41. The lowest BCUT2D eigenvalue weighted by Crippen LogP contribution is -2.33. The lowest BCUT2D eigenvalue weighted by Gasteiger charge is -2.17. The van der Waals surface area contributed by atoms with Crippen molar-refractivity contribution in [1.82, 2.24) is 0 Å². The van der Waals surface area contributed by atoms with Crippen LogP contribution in [-0.2, 0) is 9.53 Å². The Morgan fingerprint density at radius 1 is 1.25 bits per heavy atom. The zero-order valence-electron chi connectivity index (χ0n) is 10.0. The average Bonchev–Trinajstić information content (AvgIpc) is 2.57. The number of Topliss-reactive ketones (excluding diaryl/α,β-unsaturated/α-hetero) is 1. The molecule has 1 aliphatic heterocycles. The van der Waals surface area contributed by atoms with Crippen molar-refractivity contribution in [2.75, 3.05) is 24.7 Å². The zero-order valence-corrected chi connectivity index (χ0v) is 11.6. The topological polar surface area (TPSA) is 46.6 Å². The average molecular weight is 352 g/mol. The molecule has 0 aliphatic carbocycles. The molecule has 1 amide bonds. The number of carbonyl (C=O) groups excluding carboxylic acids is 2. The first-order valence-corrected chi connectivity index (χ1v) is 6.39. The number of alkyl halides is 3. The molecule has 0 aromatic heterocycles. The van der Waals surface area contributed by atoms with Gasteiger partial charge in [0.05, 0.1) is 17.9 Å². The van der Waals surface area contributed by atoms with Crippen molar-refractivity contribution in [3.63, 3.8) is 0 Å². The van der Waals surface area contributed by atoms with E-state index in [9.17, 15) is 22.8 Å². The first kappa shape index (κ1) is 15.0. The van der Waals surface area contributed by atoms with Gasteiger partial charge in [-0.3, -0.25) is 9.59 Å². The number of fused-ring (bicyclic) bond motifs is 1. The molecule has 0 bridgehead atoms. The maximum absolute atomic E-state index is 11.9. The molecule has 0 unspecified atom stereocenters. The normalized spacial score (nSPS) is 14.9. The number of anilines is 1. The van der Waals surface area contributed by atoms with E-state index < -0.39 is 24.5 Å². The fourth-order valence-electron chi connectivity index (χ4n) is 1.83. The second-order valence-corrected chi connectivity index (χ2v) is 5.03. The minimum absolute atomic E-state index is 0.107. The Balaban J connectivity index is 2.04. The van der Waals surface area contributed by atoms with Gasteiger partial charge in [0, 0.05) is 11.0 Å². The second kappa shape index (κ2) is 5.53. The summed E-state index contributed by atoms with van der Waals surface area (Å²) in [6.07, 6.45) is -4.41. The van der Waals surface area contributed by atoms with Crippen LogP contribution in [0.1, 0.15) is 10.4 Å². The quantitative estimate of drug-likeness (QED) is 0.618. The highest BCUT2D eigenvalue weighted by molar-refractivity contribution is 9.10. The summed E-state index contributed by atoms with van der Waals surface area (Å²) >= 11 is 3.21. The lowest BCUT2D eigenvalue weighted by atomic mass is 10.1. The van der Waals surface area contributed by atoms with Gasteiger partial charge in [-0.05, 0) is 18.2 Å². The number of ketones is 1. The van der Waals surface area contributed by atoms with Gasteiger partial charge < -0.3 is 9.64 Å². The molecule has 108 valence electrons. The van der Waals surface area contributed by atoms with Crippen LogP contribution in [0.25, 0.3) is 0 Å². The third-order valence-electron chi connectivity index (χ3n) is 2.66. The molecule has 1 aromatic rings. The van der Waals surface area contributed by atoms with Gasteiger partial charge in [0.15, 0.2) is 0 Å². The Morgan fingerprint density at radius 3 is 2.60 bits per heavy atom. The minimum Gasteiger partial charge on any atom is -0.370 e. The van der Waals surface area contributed by atoms with Crippen molar-refractivity contribution in [3.05, 3.63) is 28.2 Å². The fraction of sp³-hybridized carbons (Fsp3) is 0.333. The number of hydrogen-bond acceptors (Lipinski definition) is 3. The van der Waals surface area contributed by atoms with Gasteiger partial charge in [0.2, 0.25) is 0 Å². The van der Waals surface area contributed by atoms with E-state index in [-0.39, 0.29) is 18.7 Å². The molecular weight excluding hydrogens is 343 g/mol. The molecule has 0 fully saturated rings. The van der Waals surface area contributed by atoms with Crippen molar-refractivity contribution in [3.8, 4) is 0 Å². The van der Waals surface area contributed by atoms with E-state index in [0.717, 1.165) is 4.90 Å². The second-order valence-electron chi connectivity index (χ2n) is 4.12. The van der Waals surface area contributed by atoms with Gasteiger partial charge in [-0.2, -0.15) is 13.2 Å². The molecule has 0 N–H and O–H groups in total. The highest BCUT2D eigenvalue weighted by Crippen LogP contribution is 2.31.